The largest absolute Gasteiger partial charge is 0.265 e. The van der Waals surface area contributed by atoms with Gasteiger partial charge in [0.2, 0.25) is 0 Å². The first-order chi connectivity index (χ1) is 10.9. The maximum absolute atomic E-state index is 4.08. The molecule has 0 aromatic carbocycles. The lowest BCUT2D eigenvalue weighted by Crippen LogP contribution is -1.78. The van der Waals surface area contributed by atoms with Crippen molar-refractivity contribution in [1.29, 1.82) is 0 Å². The maximum atomic E-state index is 4.08. The second kappa shape index (κ2) is 6.58. The van der Waals surface area contributed by atoms with Crippen LogP contribution in [-0.4, -0.2) is 9.97 Å². The lowest BCUT2D eigenvalue weighted by atomic mass is 10.3. The Kier molecular flexibility index (Phi) is 4.34. The Balaban J connectivity index is 1.50. The third-order valence-corrected chi connectivity index (χ3v) is 8.41. The van der Waals surface area contributed by atoms with Crippen molar-refractivity contribution in [3.05, 3.63) is 79.5 Å². The zero-order chi connectivity index (χ0) is 14.8. The summed E-state index contributed by atoms with van der Waals surface area (Å²) < 4.78 is 2.73. The van der Waals surface area contributed by atoms with Crippen molar-refractivity contribution >= 4 is 56.9 Å². The van der Waals surface area contributed by atoms with E-state index in [0.717, 1.165) is 0 Å². The molecule has 0 N–H and O–H groups in total. The van der Waals surface area contributed by atoms with Crippen molar-refractivity contribution in [1.82, 2.24) is 9.97 Å². The summed E-state index contributed by atoms with van der Waals surface area (Å²) in [4.78, 5) is 10.8. The molecule has 22 heavy (non-hydrogen) atoms. The Bertz CT molecular complexity index is 715. The molecule has 0 saturated carbocycles. The van der Waals surface area contributed by atoms with Gasteiger partial charge in [-0.2, -0.15) is 0 Å². The maximum Gasteiger partial charge on any atom is 0.0700 e. The van der Waals surface area contributed by atoms with Gasteiger partial charge in [0.25, 0.3) is 0 Å². The first-order valence-electron chi connectivity index (χ1n) is 6.54. The molecule has 2 aliphatic rings. The van der Waals surface area contributed by atoms with Gasteiger partial charge in [-0.05, 0) is 46.2 Å². The number of hydrogen-bond acceptors (Lipinski definition) is 6. The van der Waals surface area contributed by atoms with Crippen LogP contribution in [0.2, 0.25) is 0 Å². The molecule has 2 nitrogen and oxygen atoms in total. The van der Waals surface area contributed by atoms with Gasteiger partial charge in [0.05, 0.1) is 8.47 Å². The topological polar surface area (TPSA) is 25.8 Å². The van der Waals surface area contributed by atoms with Crippen molar-refractivity contribution in [3.8, 4) is 0 Å². The molecule has 2 aromatic heterocycles. The quantitative estimate of drug-likeness (QED) is 0.667. The van der Waals surface area contributed by atoms with Crippen LogP contribution in [0.4, 0.5) is 0 Å². The van der Waals surface area contributed by atoms with Crippen LogP contribution in [-0.2, 0) is 0 Å². The molecule has 0 bridgehead atoms. The van der Waals surface area contributed by atoms with E-state index in [0.29, 0.717) is 0 Å². The van der Waals surface area contributed by atoms with E-state index in [-0.39, 0.29) is 0 Å². The third kappa shape index (κ3) is 3.01. The Morgan fingerprint density at radius 1 is 0.591 bits per heavy atom. The minimum Gasteiger partial charge on any atom is -0.265 e. The number of thioether (sulfide) groups is 4. The lowest BCUT2D eigenvalue weighted by Gasteiger charge is -2.04. The van der Waals surface area contributed by atoms with E-state index < -0.39 is 0 Å². The molecule has 4 rings (SSSR count). The zero-order valence-electron chi connectivity index (χ0n) is 11.3. The smallest absolute Gasteiger partial charge is 0.0700 e. The molecule has 108 valence electrons. The van der Waals surface area contributed by atoms with Crippen molar-refractivity contribution in [2.75, 3.05) is 0 Å². The number of pyridine rings is 2. The molecule has 0 fully saturated rings. The van der Waals surface area contributed by atoms with E-state index in [1.807, 2.05) is 71.8 Å². The van der Waals surface area contributed by atoms with Gasteiger partial charge in [0.1, 0.15) is 0 Å². The molecular formula is C16H10N2S4. The summed E-state index contributed by atoms with van der Waals surface area (Å²) >= 11 is 7.32. The Morgan fingerprint density at radius 3 is 1.41 bits per heavy atom. The Hall–Kier alpha value is -1.08. The van der Waals surface area contributed by atoms with E-state index in [9.17, 15) is 0 Å². The average Bonchev–Trinajstić information content (AvgIpc) is 3.26. The second-order valence-corrected chi connectivity index (χ2v) is 8.83. The van der Waals surface area contributed by atoms with E-state index in [1.165, 1.54) is 29.4 Å². The average molecular weight is 359 g/mol. The van der Waals surface area contributed by atoms with Gasteiger partial charge in [-0.15, -0.1) is 0 Å². The first kappa shape index (κ1) is 14.5. The molecule has 0 spiro atoms. The SMILES string of the molecule is C1=C(c2ccncc2)S/C(=C2\SC=C(c3ccncc3)S2)S1. The second-order valence-electron chi connectivity index (χ2n) is 4.45. The molecule has 0 unspecified atom stereocenters. The number of nitrogens with zero attached hydrogens (tertiary/aromatic N) is 2. The van der Waals surface area contributed by atoms with E-state index in [4.69, 9.17) is 0 Å². The third-order valence-electron chi connectivity index (χ3n) is 3.05. The van der Waals surface area contributed by atoms with Crippen molar-refractivity contribution in [2.45, 2.75) is 0 Å². The van der Waals surface area contributed by atoms with Crippen LogP contribution in [0.1, 0.15) is 11.1 Å². The monoisotopic (exact) mass is 358 g/mol. The number of aromatic nitrogens is 2. The summed E-state index contributed by atoms with van der Waals surface area (Å²) in [6.45, 7) is 0. The van der Waals surface area contributed by atoms with Gasteiger partial charge >= 0.3 is 0 Å². The minimum atomic E-state index is 1.23. The fourth-order valence-corrected chi connectivity index (χ4v) is 6.91. The Morgan fingerprint density at radius 2 is 1.00 bits per heavy atom. The molecule has 2 aliphatic heterocycles. The number of rotatable bonds is 2. The summed E-state index contributed by atoms with van der Waals surface area (Å²) in [5, 5.41) is 4.46. The van der Waals surface area contributed by atoms with Crippen LogP contribution in [0, 0.1) is 0 Å². The highest BCUT2D eigenvalue weighted by Gasteiger charge is 2.23. The highest BCUT2D eigenvalue weighted by molar-refractivity contribution is 8.36. The fraction of sp³-hybridized carbons (Fsp3) is 0. The summed E-state index contributed by atoms with van der Waals surface area (Å²) in [5.41, 5.74) is 2.47. The molecule has 0 radical (unpaired) electrons. The van der Waals surface area contributed by atoms with Gasteiger partial charge in [0, 0.05) is 34.6 Å². The Labute approximate surface area is 146 Å². The predicted molar refractivity (Wildman–Crippen MR) is 102 cm³/mol. The van der Waals surface area contributed by atoms with Gasteiger partial charge in [-0.1, -0.05) is 47.0 Å². The van der Waals surface area contributed by atoms with Crippen LogP contribution in [0.15, 0.2) is 68.3 Å². The van der Waals surface area contributed by atoms with Crippen molar-refractivity contribution in [3.63, 3.8) is 0 Å². The lowest BCUT2D eigenvalue weighted by molar-refractivity contribution is 1.32. The molecule has 0 amide bonds. The highest BCUT2D eigenvalue weighted by Crippen LogP contribution is 2.58. The van der Waals surface area contributed by atoms with Gasteiger partial charge in [-0.25, -0.2) is 0 Å². The van der Waals surface area contributed by atoms with Gasteiger partial charge < -0.3 is 0 Å². The predicted octanol–water partition coefficient (Wildman–Crippen LogP) is 5.86. The van der Waals surface area contributed by atoms with Gasteiger partial charge in [0.15, 0.2) is 0 Å². The first-order valence-corrected chi connectivity index (χ1v) is 9.94. The molecule has 2 aromatic rings. The summed E-state index contributed by atoms with van der Waals surface area (Å²) in [7, 11) is 0. The highest BCUT2D eigenvalue weighted by atomic mass is 32.2. The van der Waals surface area contributed by atoms with Crippen LogP contribution in [0.5, 0.6) is 0 Å². The summed E-state index contributed by atoms with van der Waals surface area (Å²) in [6, 6.07) is 8.23. The van der Waals surface area contributed by atoms with Crippen LogP contribution < -0.4 is 0 Å². The van der Waals surface area contributed by atoms with Crippen molar-refractivity contribution in [2.24, 2.45) is 0 Å². The van der Waals surface area contributed by atoms with E-state index in [1.54, 1.807) is 0 Å². The summed E-state index contributed by atoms with van der Waals surface area (Å²) in [6.07, 6.45) is 7.37. The van der Waals surface area contributed by atoms with E-state index >= 15 is 0 Å². The van der Waals surface area contributed by atoms with Crippen LogP contribution >= 0.6 is 47.0 Å². The number of hydrogen-bond donors (Lipinski definition) is 0. The molecule has 0 aliphatic carbocycles. The summed E-state index contributed by atoms with van der Waals surface area (Å²) in [5.74, 6) is 0. The minimum absolute atomic E-state index is 1.23. The molecular weight excluding hydrogens is 348 g/mol. The van der Waals surface area contributed by atoms with Crippen LogP contribution in [0.3, 0.4) is 0 Å². The fourth-order valence-electron chi connectivity index (χ4n) is 1.98. The molecule has 0 atom stereocenters. The molecule has 4 heterocycles. The van der Waals surface area contributed by atoms with Crippen LogP contribution in [0.25, 0.3) is 9.81 Å². The van der Waals surface area contributed by atoms with Crippen molar-refractivity contribution < 1.29 is 0 Å². The standard InChI is InChI=1S/C16H10N2S4/c1-5-17-6-2-11(1)13-9-19-15(21-13)16-20-10-14(22-16)12-3-7-18-8-4-12/h1-10H/b16-15+. The normalized spacial score (nSPS) is 20.9. The molecule has 0 saturated heterocycles. The van der Waals surface area contributed by atoms with E-state index in [2.05, 4.69) is 45.0 Å². The molecule has 6 heteroatoms. The zero-order valence-corrected chi connectivity index (χ0v) is 14.6. The van der Waals surface area contributed by atoms with Gasteiger partial charge in [-0.3, -0.25) is 9.97 Å².